The second kappa shape index (κ2) is 5.51. The van der Waals surface area contributed by atoms with Crippen molar-refractivity contribution in [1.29, 1.82) is 0 Å². The topological polar surface area (TPSA) is 34.4 Å². The lowest BCUT2D eigenvalue weighted by atomic mass is 10.0. The third-order valence-electron chi connectivity index (χ3n) is 4.79. The lowest BCUT2D eigenvalue weighted by Crippen LogP contribution is -2.22. The third-order valence-corrected chi connectivity index (χ3v) is 5.76. The molecule has 0 N–H and O–H groups in total. The summed E-state index contributed by atoms with van der Waals surface area (Å²) in [5.74, 6) is 0. The monoisotopic (exact) mass is 356 g/mol. The van der Waals surface area contributed by atoms with Gasteiger partial charge in [0.15, 0.2) is 4.96 Å². The number of hydrogen-bond donors (Lipinski definition) is 0. The maximum absolute atomic E-state index is 13.1. The van der Waals surface area contributed by atoms with Crippen molar-refractivity contribution in [2.24, 2.45) is 0 Å². The Kier molecular flexibility index (Phi) is 3.24. The fraction of sp³-hybridized carbons (Fsp3) is 0.0909. The molecule has 0 aliphatic carbocycles. The van der Waals surface area contributed by atoms with E-state index in [1.807, 2.05) is 44.2 Å². The first kappa shape index (κ1) is 15.3. The van der Waals surface area contributed by atoms with Gasteiger partial charge in [-0.2, -0.15) is 0 Å². The van der Waals surface area contributed by atoms with Crippen molar-refractivity contribution in [2.75, 3.05) is 0 Å². The molecule has 0 spiro atoms. The average Bonchev–Trinajstić information content (AvgIpc) is 3.13. The molecule has 0 amide bonds. The smallest absolute Gasteiger partial charge is 0.267 e. The van der Waals surface area contributed by atoms with E-state index in [1.165, 1.54) is 16.7 Å². The van der Waals surface area contributed by atoms with Crippen LogP contribution in [0.2, 0.25) is 0 Å². The zero-order valence-corrected chi connectivity index (χ0v) is 15.3. The number of benzene rings is 3. The molecular formula is C22H16N2OS. The van der Waals surface area contributed by atoms with Crippen LogP contribution in [0.25, 0.3) is 32.8 Å². The molecule has 0 saturated heterocycles. The van der Waals surface area contributed by atoms with E-state index in [0.29, 0.717) is 4.53 Å². The van der Waals surface area contributed by atoms with E-state index < -0.39 is 0 Å². The van der Waals surface area contributed by atoms with Gasteiger partial charge in [0.1, 0.15) is 0 Å². The summed E-state index contributed by atoms with van der Waals surface area (Å²) in [6, 6.07) is 18.5. The number of imidazole rings is 1. The van der Waals surface area contributed by atoms with Crippen LogP contribution in [-0.2, 0) is 0 Å². The fourth-order valence-electron chi connectivity index (χ4n) is 3.63. The molecule has 0 atom stereocenters. The highest BCUT2D eigenvalue weighted by atomic mass is 32.1. The van der Waals surface area contributed by atoms with Gasteiger partial charge in [0, 0.05) is 0 Å². The summed E-state index contributed by atoms with van der Waals surface area (Å²) >= 11 is 1.45. The van der Waals surface area contributed by atoms with Crippen LogP contribution >= 0.6 is 11.3 Å². The largest absolute Gasteiger partial charge is 0.274 e. The summed E-state index contributed by atoms with van der Waals surface area (Å²) in [6.07, 6.45) is 1.98. The molecule has 0 aliphatic rings. The van der Waals surface area contributed by atoms with Crippen molar-refractivity contribution in [3.05, 3.63) is 86.2 Å². The van der Waals surface area contributed by atoms with Crippen LogP contribution in [0.1, 0.15) is 16.7 Å². The van der Waals surface area contributed by atoms with Crippen LogP contribution in [0.4, 0.5) is 0 Å². The van der Waals surface area contributed by atoms with Crippen molar-refractivity contribution >= 4 is 44.2 Å². The molecule has 5 aromatic rings. The number of fused-ring (bicyclic) bond motifs is 4. The van der Waals surface area contributed by atoms with E-state index in [-0.39, 0.29) is 5.56 Å². The van der Waals surface area contributed by atoms with Crippen molar-refractivity contribution in [3.63, 3.8) is 0 Å². The molecule has 0 unspecified atom stereocenters. The molecule has 3 nitrogen and oxygen atoms in total. The van der Waals surface area contributed by atoms with E-state index in [0.717, 1.165) is 38.1 Å². The van der Waals surface area contributed by atoms with E-state index in [1.54, 1.807) is 4.40 Å². The second-order valence-electron chi connectivity index (χ2n) is 6.66. The Morgan fingerprint density at radius 1 is 1.04 bits per heavy atom. The lowest BCUT2D eigenvalue weighted by Gasteiger charge is -2.00. The van der Waals surface area contributed by atoms with Gasteiger partial charge >= 0.3 is 0 Å². The Bertz CT molecular complexity index is 1420. The average molecular weight is 356 g/mol. The maximum Gasteiger partial charge on any atom is 0.274 e. The normalized spacial score (nSPS) is 12.6. The minimum Gasteiger partial charge on any atom is -0.267 e. The fourth-order valence-corrected chi connectivity index (χ4v) is 4.60. The van der Waals surface area contributed by atoms with Crippen LogP contribution in [0.3, 0.4) is 0 Å². The Hall–Kier alpha value is -2.98. The number of nitrogens with zero attached hydrogens (tertiary/aromatic N) is 2. The number of aryl methyl sites for hydroxylation is 2. The van der Waals surface area contributed by atoms with Crippen LogP contribution in [0.5, 0.6) is 0 Å². The first-order valence-electron chi connectivity index (χ1n) is 8.53. The highest BCUT2D eigenvalue weighted by Gasteiger charge is 2.13. The van der Waals surface area contributed by atoms with E-state index in [4.69, 9.17) is 4.98 Å². The molecule has 2 heterocycles. The zero-order valence-electron chi connectivity index (χ0n) is 14.5. The van der Waals surface area contributed by atoms with Crippen molar-refractivity contribution in [1.82, 2.24) is 9.38 Å². The number of aromatic nitrogens is 2. The van der Waals surface area contributed by atoms with Gasteiger partial charge < -0.3 is 0 Å². The van der Waals surface area contributed by atoms with Crippen LogP contribution in [-0.4, -0.2) is 9.38 Å². The second-order valence-corrected chi connectivity index (χ2v) is 7.67. The minimum atomic E-state index is 0.00503. The molecule has 2 aromatic heterocycles. The SMILES string of the molecule is Cc1cc(C)c2nc3s/c(=C/c4cccc5ccccc45)c(=O)n3c2c1. The van der Waals surface area contributed by atoms with Crippen LogP contribution < -0.4 is 10.1 Å². The summed E-state index contributed by atoms with van der Waals surface area (Å²) < 4.78 is 2.46. The zero-order chi connectivity index (χ0) is 17.8. The molecule has 4 heteroatoms. The predicted octanol–water partition coefficient (Wildman–Crippen LogP) is 4.23. The van der Waals surface area contributed by atoms with Crippen LogP contribution in [0.15, 0.2) is 59.4 Å². The quantitative estimate of drug-likeness (QED) is 0.450. The van der Waals surface area contributed by atoms with Gasteiger partial charge in [-0.3, -0.25) is 4.79 Å². The third kappa shape index (κ3) is 2.19. The first-order valence-corrected chi connectivity index (χ1v) is 9.35. The first-order chi connectivity index (χ1) is 12.6. The Labute approximate surface area is 153 Å². The lowest BCUT2D eigenvalue weighted by molar-refractivity contribution is 1.19. The molecule has 5 rings (SSSR count). The summed E-state index contributed by atoms with van der Waals surface area (Å²) in [6.45, 7) is 4.09. The maximum atomic E-state index is 13.1. The van der Waals surface area contributed by atoms with Gasteiger partial charge in [0.05, 0.1) is 15.6 Å². The number of thiazole rings is 1. The van der Waals surface area contributed by atoms with Gasteiger partial charge in [-0.15, -0.1) is 0 Å². The van der Waals surface area contributed by atoms with Crippen molar-refractivity contribution in [2.45, 2.75) is 13.8 Å². The van der Waals surface area contributed by atoms with Gasteiger partial charge in [-0.05, 0) is 53.5 Å². The van der Waals surface area contributed by atoms with Gasteiger partial charge in [0.2, 0.25) is 0 Å². The molecule has 26 heavy (non-hydrogen) atoms. The summed E-state index contributed by atoms with van der Waals surface area (Å²) in [5, 5.41) is 2.32. The molecule has 0 radical (unpaired) electrons. The van der Waals surface area contributed by atoms with Crippen molar-refractivity contribution in [3.8, 4) is 0 Å². The molecule has 0 aliphatic heterocycles. The highest BCUT2D eigenvalue weighted by molar-refractivity contribution is 7.15. The molecular weight excluding hydrogens is 340 g/mol. The van der Waals surface area contributed by atoms with Gasteiger partial charge in [-0.1, -0.05) is 59.9 Å². The molecule has 126 valence electrons. The Morgan fingerprint density at radius 3 is 2.73 bits per heavy atom. The van der Waals surface area contributed by atoms with Crippen LogP contribution in [0, 0.1) is 13.8 Å². The number of rotatable bonds is 1. The highest BCUT2D eigenvalue weighted by Crippen LogP contribution is 2.22. The van der Waals surface area contributed by atoms with Gasteiger partial charge in [-0.25, -0.2) is 9.38 Å². The molecule has 0 saturated carbocycles. The van der Waals surface area contributed by atoms with Gasteiger partial charge in [0.25, 0.3) is 5.56 Å². The van der Waals surface area contributed by atoms with Crippen molar-refractivity contribution < 1.29 is 0 Å². The van der Waals surface area contributed by atoms with E-state index in [9.17, 15) is 4.79 Å². The summed E-state index contributed by atoms with van der Waals surface area (Å²) in [7, 11) is 0. The molecule has 0 bridgehead atoms. The standard InChI is InChI=1S/C22H16N2OS/c1-13-10-14(2)20-18(11-13)24-21(25)19(26-22(24)23-20)12-16-8-5-7-15-6-3-4-9-17(15)16/h3-12H,1-2H3/b19-12+. The predicted molar refractivity (Wildman–Crippen MR) is 109 cm³/mol. The molecule has 0 fully saturated rings. The summed E-state index contributed by atoms with van der Waals surface area (Å²) in [4.78, 5) is 18.5. The minimum absolute atomic E-state index is 0.00503. The Balaban J connectivity index is 1.84. The number of hydrogen-bond acceptors (Lipinski definition) is 3. The Morgan fingerprint density at radius 2 is 1.85 bits per heavy atom. The van der Waals surface area contributed by atoms with E-state index in [2.05, 4.69) is 30.3 Å². The van der Waals surface area contributed by atoms with E-state index >= 15 is 0 Å². The molecule has 3 aromatic carbocycles. The summed E-state index contributed by atoms with van der Waals surface area (Å²) in [5.41, 5.74) is 5.12.